The van der Waals surface area contributed by atoms with Gasteiger partial charge in [0.1, 0.15) is 0 Å². The van der Waals surface area contributed by atoms with Gasteiger partial charge >= 0.3 is 0 Å². The van der Waals surface area contributed by atoms with Crippen molar-refractivity contribution in [1.82, 2.24) is 21.1 Å². The fourth-order valence-electron chi connectivity index (χ4n) is 2.85. The second kappa shape index (κ2) is 7.90. The van der Waals surface area contributed by atoms with E-state index in [-0.39, 0.29) is 11.9 Å². The smallest absolute Gasteiger partial charge is 0.253 e. The number of amides is 1. The molecule has 0 aliphatic carbocycles. The van der Waals surface area contributed by atoms with Crippen LogP contribution >= 0.6 is 0 Å². The van der Waals surface area contributed by atoms with Gasteiger partial charge in [0.25, 0.3) is 5.91 Å². The highest BCUT2D eigenvalue weighted by Crippen LogP contribution is 2.14. The summed E-state index contributed by atoms with van der Waals surface area (Å²) in [5.74, 6) is 0.654. The summed E-state index contributed by atoms with van der Waals surface area (Å²) in [6, 6.07) is 9.07. The van der Waals surface area contributed by atoms with Crippen LogP contribution < -0.4 is 16.2 Å². The van der Waals surface area contributed by atoms with Crippen LogP contribution in [-0.2, 0) is 6.54 Å². The predicted octanol–water partition coefficient (Wildman–Crippen LogP) is 1.76. The average molecular weight is 318 g/mol. The molecule has 1 aliphatic rings. The van der Waals surface area contributed by atoms with Crippen molar-refractivity contribution in [2.45, 2.75) is 52.4 Å². The fourth-order valence-corrected chi connectivity index (χ4v) is 2.85. The molecule has 1 amide bonds. The molecule has 0 spiro atoms. The van der Waals surface area contributed by atoms with Crippen LogP contribution in [0, 0.1) is 5.92 Å². The first kappa shape index (κ1) is 17.9. The first-order valence-electron chi connectivity index (χ1n) is 8.48. The van der Waals surface area contributed by atoms with Crippen LogP contribution in [0.5, 0.6) is 0 Å². The summed E-state index contributed by atoms with van der Waals surface area (Å²) in [6.07, 6.45) is 0. The van der Waals surface area contributed by atoms with Crippen LogP contribution in [0.1, 0.15) is 43.6 Å². The first-order chi connectivity index (χ1) is 10.9. The van der Waals surface area contributed by atoms with Gasteiger partial charge in [0.15, 0.2) is 0 Å². The van der Waals surface area contributed by atoms with Gasteiger partial charge in [-0.25, -0.2) is 0 Å². The summed E-state index contributed by atoms with van der Waals surface area (Å²) >= 11 is 0. The Morgan fingerprint density at radius 1 is 1.17 bits per heavy atom. The Hall–Kier alpha value is -1.43. The van der Waals surface area contributed by atoms with E-state index in [0.29, 0.717) is 18.0 Å². The van der Waals surface area contributed by atoms with E-state index >= 15 is 0 Å². The summed E-state index contributed by atoms with van der Waals surface area (Å²) in [6.45, 7) is 10.2. The van der Waals surface area contributed by atoms with Gasteiger partial charge in [-0.15, -0.1) is 0 Å². The lowest BCUT2D eigenvalue weighted by atomic mass is 9.96. The molecule has 2 atom stereocenters. The molecule has 1 aromatic rings. The number of hydrogen-bond donors (Lipinski definition) is 3. The molecule has 5 heteroatoms. The molecule has 2 unspecified atom stereocenters. The maximum atomic E-state index is 12.3. The van der Waals surface area contributed by atoms with Crippen LogP contribution in [0.15, 0.2) is 24.3 Å². The molecule has 0 aromatic heterocycles. The van der Waals surface area contributed by atoms with Crippen molar-refractivity contribution >= 4 is 5.91 Å². The third-order valence-corrected chi connectivity index (χ3v) is 4.83. The molecule has 1 aromatic carbocycles. The summed E-state index contributed by atoms with van der Waals surface area (Å²) in [5.41, 5.74) is 8.50. The Bertz CT molecular complexity index is 504. The Kier molecular flexibility index (Phi) is 6.16. The molecule has 0 radical (unpaired) electrons. The van der Waals surface area contributed by atoms with E-state index < -0.39 is 0 Å². The number of hydrazine groups is 1. The zero-order chi connectivity index (χ0) is 17.0. The van der Waals surface area contributed by atoms with E-state index in [0.717, 1.165) is 18.7 Å². The van der Waals surface area contributed by atoms with Crippen molar-refractivity contribution in [3.8, 4) is 0 Å². The lowest BCUT2D eigenvalue weighted by Crippen LogP contribution is -2.34. The monoisotopic (exact) mass is 318 g/mol. The molecular weight excluding hydrogens is 288 g/mol. The minimum Gasteiger partial charge on any atom is -0.339 e. The van der Waals surface area contributed by atoms with Crippen molar-refractivity contribution in [1.29, 1.82) is 0 Å². The van der Waals surface area contributed by atoms with E-state index in [2.05, 4.69) is 30.0 Å². The SMILES string of the molecule is CC1NNC(C)C1CNCc1ccc(C(=O)N(C)C(C)C)cc1. The van der Waals surface area contributed by atoms with Gasteiger partial charge in [-0.1, -0.05) is 12.1 Å². The normalized spacial score (nSPS) is 24.2. The van der Waals surface area contributed by atoms with Crippen molar-refractivity contribution in [2.75, 3.05) is 13.6 Å². The fraction of sp³-hybridized carbons (Fsp3) is 0.611. The highest BCUT2D eigenvalue weighted by atomic mass is 16.2. The standard InChI is InChI=1S/C18H30N4O/c1-12(2)22(5)18(23)16-8-6-15(7-9-16)10-19-11-17-13(3)20-21-14(17)4/h6-9,12-14,17,19-21H,10-11H2,1-5H3. The van der Waals surface area contributed by atoms with Gasteiger partial charge in [-0.2, -0.15) is 0 Å². The summed E-state index contributed by atoms with van der Waals surface area (Å²) < 4.78 is 0. The number of rotatable bonds is 6. The lowest BCUT2D eigenvalue weighted by Gasteiger charge is -2.21. The quantitative estimate of drug-likeness (QED) is 0.748. The molecule has 1 fully saturated rings. The van der Waals surface area contributed by atoms with Crippen molar-refractivity contribution in [2.24, 2.45) is 5.92 Å². The number of carbonyl (C=O) groups is 1. The Morgan fingerprint density at radius 3 is 2.26 bits per heavy atom. The maximum absolute atomic E-state index is 12.3. The van der Waals surface area contributed by atoms with Gasteiger partial charge < -0.3 is 10.2 Å². The number of carbonyl (C=O) groups excluding carboxylic acids is 1. The maximum Gasteiger partial charge on any atom is 0.253 e. The third-order valence-electron chi connectivity index (χ3n) is 4.83. The van der Waals surface area contributed by atoms with E-state index in [1.54, 1.807) is 4.90 Å². The molecule has 3 N–H and O–H groups in total. The second-order valence-electron chi connectivity index (χ2n) is 6.87. The van der Waals surface area contributed by atoms with Gasteiger partial charge in [0.05, 0.1) is 0 Å². The highest BCUT2D eigenvalue weighted by molar-refractivity contribution is 5.94. The summed E-state index contributed by atoms with van der Waals surface area (Å²) in [4.78, 5) is 14.0. The minimum atomic E-state index is 0.0743. The minimum absolute atomic E-state index is 0.0743. The van der Waals surface area contributed by atoms with Crippen molar-refractivity contribution < 1.29 is 4.79 Å². The Labute approximate surface area is 139 Å². The number of benzene rings is 1. The largest absolute Gasteiger partial charge is 0.339 e. The van der Waals surface area contributed by atoms with Gasteiger partial charge in [0.2, 0.25) is 0 Å². The van der Waals surface area contributed by atoms with E-state index in [4.69, 9.17) is 0 Å². The van der Waals surface area contributed by atoms with Gasteiger partial charge in [-0.05, 0) is 45.4 Å². The topological polar surface area (TPSA) is 56.4 Å². The third kappa shape index (κ3) is 4.53. The summed E-state index contributed by atoms with van der Waals surface area (Å²) in [5, 5.41) is 3.52. The molecule has 5 nitrogen and oxygen atoms in total. The van der Waals surface area contributed by atoms with E-state index in [9.17, 15) is 4.79 Å². The van der Waals surface area contributed by atoms with Crippen LogP contribution in [0.25, 0.3) is 0 Å². The number of nitrogens with zero attached hydrogens (tertiary/aromatic N) is 1. The Morgan fingerprint density at radius 2 is 1.74 bits per heavy atom. The zero-order valence-corrected chi connectivity index (χ0v) is 14.9. The van der Waals surface area contributed by atoms with Gasteiger partial charge in [-0.3, -0.25) is 15.6 Å². The average Bonchev–Trinajstić information content (AvgIpc) is 2.86. The molecule has 1 heterocycles. The van der Waals surface area contributed by atoms with Crippen molar-refractivity contribution in [3.63, 3.8) is 0 Å². The molecular formula is C18H30N4O. The highest BCUT2D eigenvalue weighted by Gasteiger charge is 2.28. The molecule has 0 bridgehead atoms. The molecule has 2 rings (SSSR count). The van der Waals surface area contributed by atoms with Crippen molar-refractivity contribution in [3.05, 3.63) is 35.4 Å². The molecule has 23 heavy (non-hydrogen) atoms. The molecule has 128 valence electrons. The van der Waals surface area contributed by atoms with Gasteiger partial charge in [0, 0.05) is 49.7 Å². The first-order valence-corrected chi connectivity index (χ1v) is 8.48. The summed E-state index contributed by atoms with van der Waals surface area (Å²) in [7, 11) is 1.84. The lowest BCUT2D eigenvalue weighted by molar-refractivity contribution is 0.0755. The van der Waals surface area contributed by atoms with E-state index in [1.165, 1.54) is 5.56 Å². The molecule has 1 aliphatic heterocycles. The van der Waals surface area contributed by atoms with Crippen LogP contribution in [0.2, 0.25) is 0 Å². The number of nitrogens with one attached hydrogen (secondary N) is 3. The zero-order valence-electron chi connectivity index (χ0n) is 14.9. The number of hydrogen-bond acceptors (Lipinski definition) is 4. The van der Waals surface area contributed by atoms with Crippen LogP contribution in [0.4, 0.5) is 0 Å². The van der Waals surface area contributed by atoms with E-state index in [1.807, 2.05) is 45.2 Å². The van der Waals surface area contributed by atoms with Crippen LogP contribution in [0.3, 0.4) is 0 Å². The predicted molar refractivity (Wildman–Crippen MR) is 94.1 cm³/mol. The Balaban J connectivity index is 1.84. The second-order valence-corrected chi connectivity index (χ2v) is 6.87. The molecule has 1 saturated heterocycles. The molecule has 0 saturated carbocycles. The van der Waals surface area contributed by atoms with Crippen LogP contribution in [-0.4, -0.2) is 42.5 Å².